The van der Waals surface area contributed by atoms with Gasteiger partial charge in [0.1, 0.15) is 6.67 Å². The second-order valence-electron chi connectivity index (χ2n) is 8.20. The zero-order valence-electron chi connectivity index (χ0n) is 19.4. The average Bonchev–Trinajstić information content (AvgIpc) is 3.20. The van der Waals surface area contributed by atoms with Gasteiger partial charge >= 0.3 is 0 Å². The molecular weight excluding hydrogens is 407 g/mol. The minimum absolute atomic E-state index is 0.108. The number of likely N-dealkylation sites (N-methyl/N-ethyl adjacent to an activating group) is 1. The van der Waals surface area contributed by atoms with Crippen molar-refractivity contribution < 1.29 is 18.7 Å². The molecule has 174 valence electrons. The molecule has 2 aliphatic rings. The van der Waals surface area contributed by atoms with Crippen molar-refractivity contribution in [3.8, 4) is 0 Å². The van der Waals surface area contributed by atoms with Crippen LogP contribution in [-0.2, 0) is 14.3 Å². The molecule has 6 heteroatoms. The van der Waals surface area contributed by atoms with Crippen molar-refractivity contribution in [1.29, 1.82) is 0 Å². The zero-order valence-corrected chi connectivity index (χ0v) is 19.4. The summed E-state index contributed by atoms with van der Waals surface area (Å²) < 4.78 is 18.8. The maximum atomic E-state index is 13.7. The van der Waals surface area contributed by atoms with E-state index in [1.165, 1.54) is 0 Å². The fraction of sp³-hybridized carbons (Fsp3) is 0.462. The number of nitrogens with one attached hydrogen (secondary N) is 2. The van der Waals surface area contributed by atoms with Crippen LogP contribution in [0.2, 0.25) is 0 Å². The Morgan fingerprint density at radius 2 is 1.84 bits per heavy atom. The van der Waals surface area contributed by atoms with Gasteiger partial charge in [0.25, 0.3) is 0 Å². The molecule has 5 nitrogen and oxygen atoms in total. The van der Waals surface area contributed by atoms with Crippen LogP contribution in [0.5, 0.6) is 0 Å². The Bertz CT molecular complexity index is 838. The van der Waals surface area contributed by atoms with E-state index in [0.29, 0.717) is 23.5 Å². The van der Waals surface area contributed by atoms with E-state index in [1.54, 1.807) is 14.0 Å². The van der Waals surface area contributed by atoms with E-state index < -0.39 is 6.67 Å². The predicted octanol–water partition coefficient (Wildman–Crippen LogP) is 4.09. The Kier molecular flexibility index (Phi) is 10.3. The zero-order chi connectivity index (χ0) is 23.5. The minimum Gasteiger partial charge on any atom is -0.381 e. The number of carbonyl (C=O) groups excluding carboxylic acids is 2. The number of hydrogen-bond donors (Lipinski definition) is 2. The first kappa shape index (κ1) is 25.5. The molecule has 3 atom stereocenters. The number of amides is 2. The number of allylic oxidation sites excluding steroid dienone is 5. The van der Waals surface area contributed by atoms with Crippen LogP contribution in [0.1, 0.15) is 38.7 Å². The Balaban J connectivity index is 0.000000329. The number of benzene rings is 1. The number of fused-ring (bicyclic) bond motifs is 1. The summed E-state index contributed by atoms with van der Waals surface area (Å²) in [5.74, 6) is 0.883. The first-order valence-electron chi connectivity index (χ1n) is 11.1. The molecule has 3 unspecified atom stereocenters. The van der Waals surface area contributed by atoms with Gasteiger partial charge in [-0.05, 0) is 31.4 Å². The molecule has 1 saturated heterocycles. The fourth-order valence-corrected chi connectivity index (χ4v) is 4.07. The molecule has 3 rings (SSSR count). The molecule has 1 saturated carbocycles. The Hall–Kier alpha value is -2.73. The second-order valence-corrected chi connectivity index (χ2v) is 8.20. The van der Waals surface area contributed by atoms with E-state index in [4.69, 9.17) is 4.74 Å². The normalized spacial score (nSPS) is 23.4. The van der Waals surface area contributed by atoms with Crippen LogP contribution in [0.3, 0.4) is 0 Å². The highest BCUT2D eigenvalue weighted by atomic mass is 19.1. The number of alkyl halides is 1. The SMILES string of the molecule is CC/C=C(/C=C(C)\C=C(/C)C(=O)NC)C(CF)c1ccccc1.O=CNC1C2COCC21. The van der Waals surface area contributed by atoms with Crippen molar-refractivity contribution in [3.63, 3.8) is 0 Å². The maximum Gasteiger partial charge on any atom is 0.246 e. The van der Waals surface area contributed by atoms with Crippen LogP contribution in [0.15, 0.2) is 65.3 Å². The van der Waals surface area contributed by atoms with Crippen molar-refractivity contribution in [1.82, 2.24) is 10.6 Å². The molecule has 2 fully saturated rings. The Morgan fingerprint density at radius 3 is 2.38 bits per heavy atom. The highest BCUT2D eigenvalue weighted by molar-refractivity contribution is 5.93. The van der Waals surface area contributed by atoms with Crippen molar-refractivity contribution in [2.45, 2.75) is 39.2 Å². The van der Waals surface area contributed by atoms with Gasteiger partial charge in [0, 0.05) is 36.4 Å². The summed E-state index contributed by atoms with van der Waals surface area (Å²) in [7, 11) is 1.61. The second kappa shape index (κ2) is 13.0. The topological polar surface area (TPSA) is 67.4 Å². The summed E-state index contributed by atoms with van der Waals surface area (Å²) in [5.41, 5.74) is 3.47. The Labute approximate surface area is 190 Å². The smallest absolute Gasteiger partial charge is 0.246 e. The molecule has 1 aromatic carbocycles. The highest BCUT2D eigenvalue weighted by Crippen LogP contribution is 2.43. The van der Waals surface area contributed by atoms with E-state index in [0.717, 1.165) is 42.8 Å². The third-order valence-corrected chi connectivity index (χ3v) is 5.83. The van der Waals surface area contributed by atoms with Gasteiger partial charge in [-0.3, -0.25) is 14.0 Å². The van der Waals surface area contributed by atoms with Gasteiger partial charge in [-0.25, -0.2) is 0 Å². The fourth-order valence-electron chi connectivity index (χ4n) is 4.07. The molecule has 0 spiro atoms. The van der Waals surface area contributed by atoms with Crippen LogP contribution < -0.4 is 10.6 Å². The monoisotopic (exact) mass is 442 g/mol. The number of ether oxygens (including phenoxy) is 1. The lowest BCUT2D eigenvalue weighted by atomic mass is 9.90. The third kappa shape index (κ3) is 7.16. The largest absolute Gasteiger partial charge is 0.381 e. The molecule has 1 aliphatic heterocycles. The van der Waals surface area contributed by atoms with Crippen LogP contribution in [0.25, 0.3) is 0 Å². The van der Waals surface area contributed by atoms with Crippen LogP contribution >= 0.6 is 0 Å². The van der Waals surface area contributed by atoms with E-state index >= 15 is 0 Å². The number of halogens is 1. The summed E-state index contributed by atoms with van der Waals surface area (Å²) in [6.45, 7) is 6.97. The molecule has 2 N–H and O–H groups in total. The summed E-state index contributed by atoms with van der Waals surface area (Å²) in [5, 5.41) is 5.36. The summed E-state index contributed by atoms with van der Waals surface area (Å²) in [6.07, 6.45) is 7.45. The summed E-state index contributed by atoms with van der Waals surface area (Å²) >= 11 is 0. The van der Waals surface area contributed by atoms with Crippen LogP contribution in [0, 0.1) is 11.8 Å². The molecule has 1 aliphatic carbocycles. The lowest BCUT2D eigenvalue weighted by Gasteiger charge is -2.16. The Morgan fingerprint density at radius 1 is 1.19 bits per heavy atom. The van der Waals surface area contributed by atoms with Gasteiger partial charge in [-0.15, -0.1) is 0 Å². The maximum absolute atomic E-state index is 13.7. The van der Waals surface area contributed by atoms with Gasteiger partial charge in [0.2, 0.25) is 12.3 Å². The van der Waals surface area contributed by atoms with E-state index in [-0.39, 0.29) is 11.8 Å². The van der Waals surface area contributed by atoms with Gasteiger partial charge in [0.15, 0.2) is 0 Å². The van der Waals surface area contributed by atoms with Gasteiger partial charge < -0.3 is 15.4 Å². The lowest BCUT2D eigenvalue weighted by molar-refractivity contribution is -0.117. The van der Waals surface area contributed by atoms with Crippen molar-refractivity contribution in [3.05, 3.63) is 70.8 Å². The van der Waals surface area contributed by atoms with Gasteiger partial charge in [-0.2, -0.15) is 0 Å². The third-order valence-electron chi connectivity index (χ3n) is 5.83. The first-order valence-corrected chi connectivity index (χ1v) is 11.1. The highest BCUT2D eigenvalue weighted by Gasteiger charge is 2.53. The average molecular weight is 443 g/mol. The van der Waals surface area contributed by atoms with E-state index in [2.05, 4.69) is 10.6 Å². The molecule has 2 amide bonds. The number of rotatable bonds is 9. The molecule has 0 radical (unpaired) electrons. The van der Waals surface area contributed by atoms with Gasteiger partial charge in [-0.1, -0.05) is 61.1 Å². The molecule has 32 heavy (non-hydrogen) atoms. The quantitative estimate of drug-likeness (QED) is 0.344. The predicted molar refractivity (Wildman–Crippen MR) is 126 cm³/mol. The van der Waals surface area contributed by atoms with Crippen molar-refractivity contribution in [2.24, 2.45) is 11.8 Å². The van der Waals surface area contributed by atoms with Crippen LogP contribution in [-0.4, -0.2) is 45.3 Å². The standard InChI is InChI=1S/C20H26FNO.C6H9NO2/c1-5-9-18(13-15(2)12-16(3)20(23)22-4)19(14-21)17-10-7-6-8-11-17;8-3-7-6-4-1-9-2-5(4)6/h6-13,19H,5,14H2,1-4H3,(H,22,23);3-6H,1-2H2,(H,7,8)/b15-13-,16-12+,18-9-;. The van der Waals surface area contributed by atoms with Gasteiger partial charge in [0.05, 0.1) is 13.2 Å². The number of hydrogen-bond acceptors (Lipinski definition) is 3. The molecule has 1 heterocycles. The lowest BCUT2D eigenvalue weighted by Crippen LogP contribution is -2.20. The molecule has 0 bridgehead atoms. The first-order chi connectivity index (χ1) is 15.5. The minimum atomic E-state index is -0.447. The molecular formula is C26H35FN2O3. The van der Waals surface area contributed by atoms with Crippen molar-refractivity contribution in [2.75, 3.05) is 26.9 Å². The van der Waals surface area contributed by atoms with E-state index in [1.807, 2.05) is 62.4 Å². The van der Waals surface area contributed by atoms with Crippen molar-refractivity contribution >= 4 is 12.3 Å². The van der Waals surface area contributed by atoms with Crippen LogP contribution in [0.4, 0.5) is 4.39 Å². The molecule has 0 aromatic heterocycles. The number of carbonyl (C=O) groups is 2. The van der Waals surface area contributed by atoms with E-state index in [9.17, 15) is 14.0 Å². The molecule has 1 aromatic rings. The summed E-state index contributed by atoms with van der Waals surface area (Å²) in [4.78, 5) is 21.5. The summed E-state index contributed by atoms with van der Waals surface area (Å²) in [6, 6.07) is 10.1.